The number of pyridine rings is 1. The lowest BCUT2D eigenvalue weighted by Gasteiger charge is -2.35. The molecule has 35 heavy (non-hydrogen) atoms. The quantitative estimate of drug-likeness (QED) is 0.537. The summed E-state index contributed by atoms with van der Waals surface area (Å²) in [6.45, 7) is 7.69. The lowest BCUT2D eigenvalue weighted by molar-refractivity contribution is 0.370. The number of hydrogen-bond donors (Lipinski definition) is 1. The van der Waals surface area contributed by atoms with Crippen molar-refractivity contribution in [1.82, 2.24) is 15.0 Å². The molecule has 0 saturated carbocycles. The van der Waals surface area contributed by atoms with Crippen molar-refractivity contribution < 1.29 is 13.2 Å². The van der Waals surface area contributed by atoms with E-state index in [1.165, 1.54) is 48.3 Å². The summed E-state index contributed by atoms with van der Waals surface area (Å²) in [4.78, 5) is 21.9. The molecule has 0 bridgehead atoms. The van der Waals surface area contributed by atoms with E-state index in [0.717, 1.165) is 12.4 Å². The molecule has 2 aliphatic rings. The molecule has 176 valence electrons. The summed E-state index contributed by atoms with van der Waals surface area (Å²) in [6, 6.07) is 7.21. The third-order valence-electron chi connectivity index (χ3n) is 6.05. The summed E-state index contributed by atoms with van der Waals surface area (Å²) in [5.41, 5.74) is 6.12. The van der Waals surface area contributed by atoms with Gasteiger partial charge in [-0.25, -0.2) is 33.0 Å². The van der Waals surface area contributed by atoms with Crippen LogP contribution in [0.25, 0.3) is 16.7 Å². The topological polar surface area (TPSA) is 84.7 Å². The van der Waals surface area contributed by atoms with Crippen LogP contribution in [-0.2, 0) is 5.54 Å². The number of anilines is 1. The highest BCUT2D eigenvalue weighted by Crippen LogP contribution is 2.47. The first kappa shape index (κ1) is 22.9. The van der Waals surface area contributed by atoms with Crippen molar-refractivity contribution in [2.75, 3.05) is 23.7 Å². The maximum atomic E-state index is 15.3. The minimum absolute atomic E-state index is 0.0659. The molecule has 7 nitrogen and oxygen atoms in total. The fourth-order valence-electron chi connectivity index (χ4n) is 4.40. The molecule has 4 heterocycles. The maximum Gasteiger partial charge on any atom is 0.225 e. The van der Waals surface area contributed by atoms with Gasteiger partial charge in [0.05, 0.1) is 31.2 Å². The van der Waals surface area contributed by atoms with E-state index in [4.69, 9.17) is 12.3 Å². The van der Waals surface area contributed by atoms with Gasteiger partial charge in [0.15, 0.2) is 11.0 Å². The SMILES string of the molecule is [C-]#[N+]c1ccc(/C(F)=C/c2ccc(F)c([C@@]34CN(c5ncc(F)cn5)C[C@@H]3CSC(N)=N4)c2)nc1. The second kappa shape index (κ2) is 9.03. The van der Waals surface area contributed by atoms with E-state index in [2.05, 4.69) is 24.8 Å². The first-order valence-electron chi connectivity index (χ1n) is 10.6. The molecule has 2 aromatic heterocycles. The number of halogens is 3. The predicted octanol–water partition coefficient (Wildman–Crippen LogP) is 4.56. The van der Waals surface area contributed by atoms with Gasteiger partial charge in [0.2, 0.25) is 11.6 Å². The van der Waals surface area contributed by atoms with Crippen LogP contribution in [0.15, 0.2) is 53.9 Å². The van der Waals surface area contributed by atoms with Crippen molar-refractivity contribution in [2.24, 2.45) is 16.6 Å². The molecular weight excluding hydrogens is 475 g/mol. The van der Waals surface area contributed by atoms with Gasteiger partial charge in [0, 0.05) is 30.0 Å². The lowest BCUT2D eigenvalue weighted by atomic mass is 9.81. The molecule has 0 aliphatic carbocycles. The molecule has 0 spiro atoms. The minimum atomic E-state index is -1.03. The van der Waals surface area contributed by atoms with Gasteiger partial charge in [0.1, 0.15) is 17.2 Å². The molecular formula is C24H18F3N7S. The van der Waals surface area contributed by atoms with Crippen LogP contribution in [-0.4, -0.2) is 39.0 Å². The summed E-state index contributed by atoms with van der Waals surface area (Å²) in [7, 11) is 0. The number of aliphatic imine (C=N–C) groups is 1. The zero-order valence-electron chi connectivity index (χ0n) is 18.2. The van der Waals surface area contributed by atoms with Crippen molar-refractivity contribution in [3.8, 4) is 0 Å². The molecule has 0 amide bonds. The molecule has 0 radical (unpaired) electrons. The second-order valence-corrected chi connectivity index (χ2v) is 9.25. The number of rotatable bonds is 4. The van der Waals surface area contributed by atoms with Gasteiger partial charge in [-0.15, -0.1) is 0 Å². The van der Waals surface area contributed by atoms with E-state index in [-0.39, 0.29) is 23.7 Å². The molecule has 2 aliphatic heterocycles. The predicted molar refractivity (Wildman–Crippen MR) is 129 cm³/mol. The van der Waals surface area contributed by atoms with Crippen LogP contribution in [0.5, 0.6) is 0 Å². The minimum Gasteiger partial charge on any atom is -0.379 e. The first-order valence-corrected chi connectivity index (χ1v) is 11.6. The number of nitrogens with two attached hydrogens (primary N) is 1. The molecule has 2 atom stereocenters. The van der Waals surface area contributed by atoms with Crippen LogP contribution >= 0.6 is 11.8 Å². The highest BCUT2D eigenvalue weighted by molar-refractivity contribution is 8.13. The molecule has 1 saturated heterocycles. The zero-order valence-corrected chi connectivity index (χ0v) is 19.0. The molecule has 2 N–H and O–H groups in total. The Balaban J connectivity index is 1.54. The van der Waals surface area contributed by atoms with E-state index < -0.39 is 23.0 Å². The fourth-order valence-corrected chi connectivity index (χ4v) is 5.38. The highest BCUT2D eigenvalue weighted by atomic mass is 32.2. The second-order valence-electron chi connectivity index (χ2n) is 8.21. The molecule has 3 aromatic rings. The number of aromatic nitrogens is 3. The fraction of sp³-hybridized carbons (Fsp3) is 0.208. The van der Waals surface area contributed by atoms with Gasteiger partial charge in [-0.1, -0.05) is 23.9 Å². The van der Waals surface area contributed by atoms with Crippen LogP contribution in [0.1, 0.15) is 16.8 Å². The van der Waals surface area contributed by atoms with Crippen molar-refractivity contribution in [3.63, 3.8) is 0 Å². The van der Waals surface area contributed by atoms with E-state index in [0.29, 0.717) is 34.7 Å². The number of fused-ring (bicyclic) bond motifs is 1. The number of nitrogens with zero attached hydrogens (tertiary/aromatic N) is 6. The Hall–Kier alpha value is -3.91. The Labute approximate surface area is 203 Å². The standard InChI is InChI=1S/C24H18F3N7S/c1-29-17-3-5-21(30-10-17)20(27)7-14-2-4-19(26)18(6-14)24-13-34(23-31-8-16(25)9-32-23)11-15(24)12-35-22(28)33-24/h2-10,15H,11-13H2,(H2,28,33)/b20-7-/t15-,24-/m1/s1. The van der Waals surface area contributed by atoms with E-state index in [1.54, 1.807) is 6.07 Å². The summed E-state index contributed by atoms with van der Waals surface area (Å²) in [5.74, 6) is -0.882. The highest BCUT2D eigenvalue weighted by Gasteiger charge is 2.52. The number of hydrogen-bond acceptors (Lipinski definition) is 7. The van der Waals surface area contributed by atoms with Crippen LogP contribution in [0, 0.1) is 24.1 Å². The van der Waals surface area contributed by atoms with E-state index >= 15 is 4.39 Å². The Morgan fingerprint density at radius 3 is 2.69 bits per heavy atom. The van der Waals surface area contributed by atoms with E-state index in [1.807, 2.05) is 4.90 Å². The Kier molecular flexibility index (Phi) is 5.90. The third kappa shape index (κ3) is 4.33. The average molecular weight is 494 g/mol. The van der Waals surface area contributed by atoms with Crippen LogP contribution in [0.3, 0.4) is 0 Å². The van der Waals surface area contributed by atoms with Crippen molar-refractivity contribution in [1.29, 1.82) is 0 Å². The Bertz CT molecular complexity index is 1370. The Morgan fingerprint density at radius 1 is 1.17 bits per heavy atom. The van der Waals surface area contributed by atoms with E-state index in [9.17, 15) is 8.78 Å². The van der Waals surface area contributed by atoms with Gasteiger partial charge >= 0.3 is 0 Å². The number of benzene rings is 1. The molecule has 0 unspecified atom stereocenters. The van der Waals surface area contributed by atoms with Crippen LogP contribution in [0.4, 0.5) is 24.8 Å². The number of amidine groups is 1. The largest absolute Gasteiger partial charge is 0.379 e. The van der Waals surface area contributed by atoms with Crippen LogP contribution < -0.4 is 10.6 Å². The summed E-state index contributed by atoms with van der Waals surface area (Å²) >= 11 is 1.38. The van der Waals surface area contributed by atoms with Crippen LogP contribution in [0.2, 0.25) is 0 Å². The van der Waals surface area contributed by atoms with Gasteiger partial charge in [-0.05, 0) is 29.8 Å². The van der Waals surface area contributed by atoms with Crippen molar-refractivity contribution >= 4 is 40.5 Å². The summed E-state index contributed by atoms with van der Waals surface area (Å²) in [5, 5.41) is 0.332. The maximum absolute atomic E-state index is 15.3. The van der Waals surface area contributed by atoms with Gasteiger partial charge in [0.25, 0.3) is 0 Å². The first-order chi connectivity index (χ1) is 16.9. The Morgan fingerprint density at radius 2 is 1.97 bits per heavy atom. The third-order valence-corrected chi connectivity index (χ3v) is 7.01. The molecule has 1 fully saturated rings. The molecule has 5 rings (SSSR count). The molecule has 1 aromatic carbocycles. The summed E-state index contributed by atoms with van der Waals surface area (Å²) in [6.07, 6.45) is 4.71. The van der Waals surface area contributed by atoms with Gasteiger partial charge in [-0.2, -0.15) is 0 Å². The molecule has 11 heteroatoms. The van der Waals surface area contributed by atoms with Gasteiger partial charge in [-0.3, -0.25) is 4.98 Å². The monoisotopic (exact) mass is 493 g/mol. The van der Waals surface area contributed by atoms with Gasteiger partial charge < -0.3 is 10.6 Å². The van der Waals surface area contributed by atoms with Crippen molar-refractivity contribution in [3.05, 3.63) is 88.8 Å². The lowest BCUT2D eigenvalue weighted by Crippen LogP contribution is -2.40. The average Bonchev–Trinajstić information content (AvgIpc) is 3.25. The normalized spacial score (nSPS) is 21.9. The summed E-state index contributed by atoms with van der Waals surface area (Å²) < 4.78 is 43.5. The smallest absolute Gasteiger partial charge is 0.225 e. The number of thioether (sulfide) groups is 1. The van der Waals surface area contributed by atoms with Crippen molar-refractivity contribution in [2.45, 2.75) is 5.54 Å². The zero-order chi connectivity index (χ0) is 24.6.